The van der Waals surface area contributed by atoms with E-state index in [1.54, 1.807) is 0 Å². The number of benzene rings is 2. The van der Waals surface area contributed by atoms with E-state index in [4.69, 9.17) is 0 Å². The van der Waals surface area contributed by atoms with Crippen LogP contribution in [0.4, 0.5) is 10.1 Å². The maximum absolute atomic E-state index is 13.2. The number of hydrogen-bond donors (Lipinski definition) is 1. The largest absolute Gasteiger partial charge is 0.370 e. The second-order valence-corrected chi connectivity index (χ2v) is 7.77. The lowest BCUT2D eigenvalue weighted by Gasteiger charge is -2.24. The molecule has 1 amide bonds. The van der Waals surface area contributed by atoms with Gasteiger partial charge in [0.15, 0.2) is 0 Å². The normalized spacial score (nSPS) is 20.7. The SMILES string of the molecule is O=C(c1ccc([C@H]2CCCNC2)cc1)N1CCCN(c2ccc(F)cc2)CC1. The molecule has 1 N–H and O–H groups in total. The van der Waals surface area contributed by atoms with Crippen molar-refractivity contribution in [3.63, 3.8) is 0 Å². The van der Waals surface area contributed by atoms with Crippen molar-refractivity contribution in [2.24, 2.45) is 0 Å². The Kier molecular flexibility index (Phi) is 5.91. The molecular formula is C23H28FN3O. The lowest BCUT2D eigenvalue weighted by molar-refractivity contribution is 0.0767. The van der Waals surface area contributed by atoms with Crippen molar-refractivity contribution in [1.82, 2.24) is 10.2 Å². The number of hydrogen-bond acceptors (Lipinski definition) is 3. The molecule has 2 aliphatic rings. The van der Waals surface area contributed by atoms with Gasteiger partial charge in [-0.05, 0) is 73.7 Å². The number of anilines is 1. The molecule has 0 bridgehead atoms. The fraction of sp³-hybridized carbons (Fsp3) is 0.435. The molecule has 0 aliphatic carbocycles. The molecule has 2 saturated heterocycles. The van der Waals surface area contributed by atoms with Crippen molar-refractivity contribution in [1.29, 1.82) is 0 Å². The van der Waals surface area contributed by atoms with Gasteiger partial charge in [-0.15, -0.1) is 0 Å². The van der Waals surface area contributed by atoms with Crippen LogP contribution >= 0.6 is 0 Å². The van der Waals surface area contributed by atoms with Crippen LogP contribution < -0.4 is 10.2 Å². The Bertz CT molecular complexity index is 784. The quantitative estimate of drug-likeness (QED) is 0.882. The first-order chi connectivity index (χ1) is 13.7. The molecule has 1 atom stereocenters. The first-order valence-electron chi connectivity index (χ1n) is 10.3. The summed E-state index contributed by atoms with van der Waals surface area (Å²) in [5.74, 6) is 0.442. The number of piperidine rings is 1. The predicted octanol–water partition coefficient (Wildman–Crippen LogP) is 3.65. The zero-order chi connectivity index (χ0) is 19.3. The minimum Gasteiger partial charge on any atom is -0.370 e. The first kappa shape index (κ1) is 18.9. The molecule has 0 saturated carbocycles. The number of nitrogens with zero attached hydrogens (tertiary/aromatic N) is 2. The molecule has 5 heteroatoms. The van der Waals surface area contributed by atoms with E-state index in [1.165, 1.54) is 30.5 Å². The zero-order valence-corrected chi connectivity index (χ0v) is 16.2. The standard InChI is InChI=1S/C23H28FN3O/c24-21-8-10-22(11-9-21)26-13-2-14-27(16-15-26)23(28)19-6-4-18(5-7-19)20-3-1-12-25-17-20/h4-11,20,25H,1-3,12-17H2/t20-/m0/s1. The van der Waals surface area contributed by atoms with Gasteiger partial charge in [-0.3, -0.25) is 4.79 Å². The highest BCUT2D eigenvalue weighted by Gasteiger charge is 2.21. The van der Waals surface area contributed by atoms with Crippen molar-refractivity contribution in [2.75, 3.05) is 44.2 Å². The van der Waals surface area contributed by atoms with Crippen LogP contribution in [0.3, 0.4) is 0 Å². The minimum atomic E-state index is -0.220. The Morgan fingerprint density at radius 2 is 1.71 bits per heavy atom. The summed E-state index contributed by atoms with van der Waals surface area (Å²) in [4.78, 5) is 17.1. The average Bonchev–Trinajstić information content (AvgIpc) is 3.01. The lowest BCUT2D eigenvalue weighted by atomic mass is 9.91. The van der Waals surface area contributed by atoms with Gasteiger partial charge < -0.3 is 15.1 Å². The van der Waals surface area contributed by atoms with Crippen molar-refractivity contribution in [3.8, 4) is 0 Å². The molecule has 0 aromatic heterocycles. The van der Waals surface area contributed by atoms with Gasteiger partial charge in [0.25, 0.3) is 5.91 Å². The molecule has 2 aliphatic heterocycles. The molecule has 148 valence electrons. The van der Waals surface area contributed by atoms with E-state index < -0.39 is 0 Å². The van der Waals surface area contributed by atoms with Crippen LogP contribution in [0, 0.1) is 5.82 Å². The summed E-state index contributed by atoms with van der Waals surface area (Å²) in [5, 5.41) is 3.45. The van der Waals surface area contributed by atoms with Crippen LogP contribution in [0.1, 0.15) is 41.1 Å². The third-order valence-electron chi connectivity index (χ3n) is 5.90. The highest BCUT2D eigenvalue weighted by atomic mass is 19.1. The van der Waals surface area contributed by atoms with Crippen molar-refractivity contribution >= 4 is 11.6 Å². The number of nitrogens with one attached hydrogen (secondary N) is 1. The molecule has 4 nitrogen and oxygen atoms in total. The topological polar surface area (TPSA) is 35.6 Å². The summed E-state index contributed by atoms with van der Waals surface area (Å²) in [7, 11) is 0. The smallest absolute Gasteiger partial charge is 0.253 e. The minimum absolute atomic E-state index is 0.106. The maximum Gasteiger partial charge on any atom is 0.253 e. The number of carbonyl (C=O) groups is 1. The molecule has 2 heterocycles. The van der Waals surface area contributed by atoms with Crippen LogP contribution in [0.25, 0.3) is 0 Å². The van der Waals surface area contributed by atoms with E-state index in [1.807, 2.05) is 29.2 Å². The molecule has 2 aromatic carbocycles. The molecule has 2 fully saturated rings. The summed E-state index contributed by atoms with van der Waals surface area (Å²) in [6.07, 6.45) is 3.34. The van der Waals surface area contributed by atoms with Crippen LogP contribution in [-0.4, -0.2) is 50.1 Å². The van der Waals surface area contributed by atoms with Crippen LogP contribution in [0.15, 0.2) is 48.5 Å². The van der Waals surface area contributed by atoms with Gasteiger partial charge in [-0.25, -0.2) is 4.39 Å². The number of rotatable bonds is 3. The predicted molar refractivity (Wildman–Crippen MR) is 110 cm³/mol. The molecule has 0 unspecified atom stereocenters. The zero-order valence-electron chi connectivity index (χ0n) is 16.2. The van der Waals surface area contributed by atoms with E-state index in [9.17, 15) is 9.18 Å². The van der Waals surface area contributed by atoms with E-state index >= 15 is 0 Å². The van der Waals surface area contributed by atoms with Gasteiger partial charge in [-0.2, -0.15) is 0 Å². The fourth-order valence-corrected chi connectivity index (χ4v) is 4.25. The van der Waals surface area contributed by atoms with Crippen LogP contribution in [0.5, 0.6) is 0 Å². The molecule has 0 radical (unpaired) electrons. The Morgan fingerprint density at radius 3 is 2.43 bits per heavy atom. The lowest BCUT2D eigenvalue weighted by Crippen LogP contribution is -2.35. The number of amides is 1. The van der Waals surface area contributed by atoms with Gasteiger partial charge in [0.2, 0.25) is 0 Å². The summed E-state index contributed by atoms with van der Waals surface area (Å²) in [6, 6.07) is 14.8. The van der Waals surface area contributed by atoms with Gasteiger partial charge in [-0.1, -0.05) is 12.1 Å². The number of carbonyl (C=O) groups excluding carboxylic acids is 1. The summed E-state index contributed by atoms with van der Waals surface area (Å²) in [5.41, 5.74) is 3.10. The van der Waals surface area contributed by atoms with Gasteiger partial charge in [0, 0.05) is 44.0 Å². The molecular weight excluding hydrogens is 353 g/mol. The molecule has 2 aromatic rings. The van der Waals surface area contributed by atoms with Crippen LogP contribution in [0.2, 0.25) is 0 Å². The Labute approximate surface area is 166 Å². The summed E-state index contributed by atoms with van der Waals surface area (Å²) >= 11 is 0. The highest BCUT2D eigenvalue weighted by Crippen LogP contribution is 2.24. The first-order valence-corrected chi connectivity index (χ1v) is 10.3. The molecule has 0 spiro atoms. The van der Waals surface area contributed by atoms with Gasteiger partial charge in [0.05, 0.1) is 0 Å². The fourth-order valence-electron chi connectivity index (χ4n) is 4.25. The van der Waals surface area contributed by atoms with E-state index in [0.29, 0.717) is 12.5 Å². The third kappa shape index (κ3) is 4.36. The Hall–Kier alpha value is -2.40. The second-order valence-electron chi connectivity index (χ2n) is 7.77. The monoisotopic (exact) mass is 381 g/mol. The van der Waals surface area contributed by atoms with Gasteiger partial charge >= 0.3 is 0 Å². The third-order valence-corrected chi connectivity index (χ3v) is 5.90. The van der Waals surface area contributed by atoms with Crippen molar-refractivity contribution < 1.29 is 9.18 Å². The van der Waals surface area contributed by atoms with Crippen molar-refractivity contribution in [3.05, 3.63) is 65.5 Å². The highest BCUT2D eigenvalue weighted by molar-refractivity contribution is 5.94. The Balaban J connectivity index is 1.38. The number of halogens is 1. The maximum atomic E-state index is 13.2. The second kappa shape index (κ2) is 8.74. The van der Waals surface area contributed by atoms with E-state index in [2.05, 4.69) is 22.3 Å². The van der Waals surface area contributed by atoms with E-state index in [0.717, 1.165) is 50.4 Å². The average molecular weight is 381 g/mol. The van der Waals surface area contributed by atoms with Gasteiger partial charge in [0.1, 0.15) is 5.82 Å². The molecule has 4 rings (SSSR count). The summed E-state index contributed by atoms with van der Waals surface area (Å²) in [6.45, 7) is 5.22. The van der Waals surface area contributed by atoms with Crippen LogP contribution in [-0.2, 0) is 0 Å². The molecule has 28 heavy (non-hydrogen) atoms. The Morgan fingerprint density at radius 1 is 0.929 bits per heavy atom. The van der Waals surface area contributed by atoms with E-state index in [-0.39, 0.29) is 11.7 Å². The summed E-state index contributed by atoms with van der Waals surface area (Å²) < 4.78 is 13.2. The van der Waals surface area contributed by atoms with Crippen molar-refractivity contribution in [2.45, 2.75) is 25.2 Å².